The fourth-order valence-corrected chi connectivity index (χ4v) is 5.96. The van der Waals surface area contributed by atoms with Crippen molar-refractivity contribution in [1.29, 1.82) is 0 Å². The summed E-state index contributed by atoms with van der Waals surface area (Å²) in [6.07, 6.45) is -21.5. The van der Waals surface area contributed by atoms with Crippen LogP contribution in [-0.4, -0.2) is 42.1 Å². The van der Waals surface area contributed by atoms with Gasteiger partial charge in [-0.15, -0.1) is 0 Å². The summed E-state index contributed by atoms with van der Waals surface area (Å²) < 4.78 is 88.3. The van der Waals surface area contributed by atoms with Crippen LogP contribution in [0.2, 0.25) is 0 Å². The van der Waals surface area contributed by atoms with Crippen LogP contribution in [0.25, 0.3) is 0 Å². The van der Waals surface area contributed by atoms with Gasteiger partial charge in [0.25, 0.3) is 0 Å². The van der Waals surface area contributed by atoms with Gasteiger partial charge in [-0.1, -0.05) is 0 Å². The summed E-state index contributed by atoms with van der Waals surface area (Å²) in [5.74, 6) is 0. The van der Waals surface area contributed by atoms with Gasteiger partial charge in [-0.05, 0) is 0 Å². The second-order valence-corrected chi connectivity index (χ2v) is 12.7. The molecule has 1 aliphatic carbocycles. The predicted molar refractivity (Wildman–Crippen MR) is 78.5 cm³/mol. The molecule has 0 radical (unpaired) electrons. The van der Waals surface area contributed by atoms with Crippen LogP contribution in [0.5, 0.6) is 0 Å². The Bertz CT molecular complexity index is 858. The van der Waals surface area contributed by atoms with Gasteiger partial charge in [0.15, 0.2) is 0 Å². The Morgan fingerprint density at radius 3 is 0.347 bits per heavy atom. The molecule has 2 N–H and O–H groups in total. The Kier molecular flexibility index (Phi) is 79.9. The first-order valence-electron chi connectivity index (χ1n) is 7.80. The first kappa shape index (κ1) is 95.8. The van der Waals surface area contributed by atoms with E-state index in [4.69, 9.17) is 0 Å². The second-order valence-electron chi connectivity index (χ2n) is 6.10. The van der Waals surface area contributed by atoms with Gasteiger partial charge in [0.1, 0.15) is 36.6 Å². The number of rotatable bonds is 12. The van der Waals surface area contributed by atoms with E-state index in [9.17, 15) is 86.1 Å². The van der Waals surface area contributed by atoms with Crippen molar-refractivity contribution in [3.05, 3.63) is 0 Å². The van der Waals surface area contributed by atoms with Crippen molar-refractivity contribution in [3.63, 3.8) is 0 Å². The summed E-state index contributed by atoms with van der Waals surface area (Å²) >= 11 is 0. The van der Waals surface area contributed by atoms with Gasteiger partial charge in [0.05, 0.1) is 46.9 Å². The fraction of sp³-hybridized carbons (Fsp3) is 1.00. The van der Waals surface area contributed by atoms with Crippen LogP contribution < -0.4 is 413 Å². The maximum absolute atomic E-state index is 11.1. The average Bonchev–Trinajstić information content (AvgIpc) is 2.51. The third kappa shape index (κ3) is 46.9. The molecule has 49 heavy (non-hydrogen) atoms. The Morgan fingerprint density at radius 1 is 0.245 bits per heavy atom. The van der Waals surface area contributed by atoms with Crippen molar-refractivity contribution in [1.82, 2.24) is 0 Å². The first-order chi connectivity index (χ1) is 15.6. The van der Waals surface area contributed by atoms with Crippen molar-refractivity contribution < 1.29 is 473 Å². The van der Waals surface area contributed by atoms with E-state index in [1.54, 1.807) is 0 Å². The van der Waals surface area contributed by atoms with Crippen LogP contribution >= 0.6 is 46.9 Å². The molecule has 0 atom stereocenters. The van der Waals surface area contributed by atoms with Crippen molar-refractivity contribution in [2.75, 3.05) is 0 Å². The molecule has 0 aromatic carbocycles. The van der Waals surface area contributed by atoms with E-state index in [1.807, 2.05) is 0 Å². The maximum atomic E-state index is 11.1. The molecule has 0 spiro atoms. The third-order valence-electron chi connectivity index (χ3n) is 3.45. The molecule has 0 bridgehead atoms. The van der Waals surface area contributed by atoms with E-state index in [0.29, 0.717) is 0 Å². The summed E-state index contributed by atoms with van der Waals surface area (Å²) in [6.45, 7) is 0. The number of hydrogen-bond donors (Lipinski definition) is 0. The van der Waals surface area contributed by atoms with E-state index >= 15 is 0 Å². The smallest absolute Gasteiger partial charge is 0.790 e. The summed E-state index contributed by atoms with van der Waals surface area (Å²) in [5, 5.41) is 0. The molecule has 1 aliphatic rings. The van der Waals surface area contributed by atoms with Crippen LogP contribution in [-0.2, 0) is 54.5 Å². The first-order valence-corrected chi connectivity index (χ1v) is 16.6. The maximum Gasteiger partial charge on any atom is 1.00 e. The molecule has 0 saturated heterocycles. The number of hydrogen-bond acceptors (Lipinski definition) is 24. The Hall–Kier alpha value is 12.6. The molecular formula is C6H8Na12O25P6. The van der Waals surface area contributed by atoms with E-state index in [0.717, 1.165) is 0 Å². The topological polar surface area (TPSA) is 466 Å². The zero-order valence-electron chi connectivity index (χ0n) is 28.4. The molecule has 0 aliphatic heterocycles. The summed E-state index contributed by atoms with van der Waals surface area (Å²) in [5.41, 5.74) is 0. The molecule has 43 heteroatoms. The molecule has 1 saturated carbocycles. The van der Waals surface area contributed by atoms with Crippen LogP contribution in [0.3, 0.4) is 0 Å². The zero-order chi connectivity index (χ0) is 28.7. The average molecular weight is 942 g/mol. The van der Waals surface area contributed by atoms with E-state index < -0.39 is 83.6 Å². The molecule has 25 nitrogen and oxygen atoms in total. The zero-order valence-corrected chi connectivity index (χ0v) is 57.8. The largest absolute Gasteiger partial charge is 1.00 e. The van der Waals surface area contributed by atoms with E-state index in [2.05, 4.69) is 27.1 Å². The van der Waals surface area contributed by atoms with E-state index in [-0.39, 0.29) is 360 Å². The quantitative estimate of drug-likeness (QED) is 0.129. The summed E-state index contributed by atoms with van der Waals surface area (Å²) in [4.78, 5) is 133. The van der Waals surface area contributed by atoms with Crippen molar-refractivity contribution in [3.8, 4) is 0 Å². The minimum atomic E-state index is -6.68. The predicted octanol–water partition coefficient (Wildman–Crippen LogP) is -47.5. The Morgan fingerprint density at radius 2 is 0.306 bits per heavy atom. The molecule has 1 rings (SSSR count). The molecule has 224 valence electrons. The standard InChI is InChI=1S/C6H18O24P6.12Na.H2O/c7-31(8,9)25-1-2(26-32(10,11)12)4(28-34(16,17)18)6(30-36(22,23)24)5(29-35(19,20)21)3(1)27-33(13,14)15;;;;;;;;;;;;;/h1-6H,(H2,7,8,9)(H2,10,11,12)(H2,13,14,15)(H2,16,17,18)(H2,19,20,21)(H2,22,23,24);;;;;;;;;;;;;1H2/q;12*+1;/p-12/t1-,2-,3-,4+,5-,6-;;;;;;;;;;;;;. The van der Waals surface area contributed by atoms with Gasteiger partial charge in [0, 0.05) is 0 Å². The monoisotopic (exact) mass is 942 g/mol. The van der Waals surface area contributed by atoms with Gasteiger partial charge in [-0.3, -0.25) is 0 Å². The van der Waals surface area contributed by atoms with E-state index in [1.165, 1.54) is 0 Å². The molecule has 0 unspecified atom stereocenters. The van der Waals surface area contributed by atoms with Gasteiger partial charge in [-0.2, -0.15) is 0 Å². The van der Waals surface area contributed by atoms with Crippen LogP contribution in [0.15, 0.2) is 0 Å². The molecule has 0 aromatic rings. The van der Waals surface area contributed by atoms with Crippen molar-refractivity contribution in [2.24, 2.45) is 0 Å². The van der Waals surface area contributed by atoms with Crippen molar-refractivity contribution >= 4 is 46.9 Å². The summed E-state index contributed by atoms with van der Waals surface area (Å²) in [7, 11) is -40.1. The van der Waals surface area contributed by atoms with Crippen molar-refractivity contribution in [2.45, 2.75) is 36.6 Å². The van der Waals surface area contributed by atoms with Crippen LogP contribution in [0.4, 0.5) is 0 Å². The Labute approximate surface area is 544 Å². The molecule has 0 aromatic heterocycles. The SMILES string of the molecule is O.O=P([O-])([O-])O[C@H]1[C@H](OP(=O)([O-])[O-])[C@@H](OP(=O)([O-])[O-])[C@H](OP(=O)([O-])[O-])[C@@H](OP(=O)([O-])[O-])[C@H]1OP(=O)([O-])[O-].[Na+].[Na+].[Na+].[Na+].[Na+].[Na+].[Na+].[Na+].[Na+].[Na+].[Na+].[Na+]. The third-order valence-corrected chi connectivity index (χ3v) is 6.46. The van der Waals surface area contributed by atoms with Crippen LogP contribution in [0, 0.1) is 0 Å². The fourth-order valence-electron chi connectivity index (χ4n) is 2.74. The van der Waals surface area contributed by atoms with Crippen LogP contribution in [0.1, 0.15) is 0 Å². The molecule has 1 fully saturated rings. The normalized spacial score (nSPS) is 21.6. The molecular weight excluding hydrogens is 934 g/mol. The van der Waals surface area contributed by atoms with Gasteiger partial charge < -0.3 is 119 Å². The Balaban J connectivity index is -0.0000000906. The second kappa shape index (κ2) is 40.9. The minimum absolute atomic E-state index is 0. The number of phosphoric ester groups is 6. The van der Waals surface area contributed by atoms with Gasteiger partial charge in [0.2, 0.25) is 0 Å². The number of phosphoric acid groups is 6. The molecule has 0 heterocycles. The summed E-state index contributed by atoms with van der Waals surface area (Å²) in [6, 6.07) is 0. The van der Waals surface area contributed by atoms with Gasteiger partial charge >= 0.3 is 355 Å². The van der Waals surface area contributed by atoms with Gasteiger partial charge in [-0.25, -0.2) is 0 Å². The molecule has 0 amide bonds. The minimum Gasteiger partial charge on any atom is -0.790 e.